The van der Waals surface area contributed by atoms with Crippen LogP contribution >= 0.6 is 34.5 Å². The van der Waals surface area contributed by atoms with Crippen LogP contribution in [0.4, 0.5) is 0 Å². The number of carbonyl (C=O) groups is 1. The second-order valence-corrected chi connectivity index (χ2v) is 9.39. The molecule has 0 aliphatic carbocycles. The average molecular weight is 419 g/mol. The van der Waals surface area contributed by atoms with Gasteiger partial charge in [-0.25, -0.2) is 13.1 Å². The number of benzene rings is 1. The summed E-state index contributed by atoms with van der Waals surface area (Å²) in [7, 11) is -3.49. The van der Waals surface area contributed by atoms with Crippen LogP contribution in [0.2, 0.25) is 10.0 Å². The van der Waals surface area contributed by atoms with Crippen molar-refractivity contribution < 1.29 is 13.2 Å². The van der Waals surface area contributed by atoms with Gasteiger partial charge < -0.3 is 4.90 Å². The Labute approximate surface area is 160 Å². The van der Waals surface area contributed by atoms with Gasteiger partial charge in [-0.05, 0) is 36.4 Å². The molecule has 1 fully saturated rings. The molecule has 1 aromatic carbocycles. The van der Waals surface area contributed by atoms with Crippen LogP contribution in [0.15, 0.2) is 39.9 Å². The number of thiophene rings is 1. The lowest BCUT2D eigenvalue weighted by Gasteiger charge is -2.32. The zero-order valence-electron chi connectivity index (χ0n) is 13.1. The molecule has 1 saturated heterocycles. The molecule has 1 N–H and O–H groups in total. The monoisotopic (exact) mass is 418 g/mol. The van der Waals surface area contributed by atoms with Crippen LogP contribution in [0.3, 0.4) is 0 Å². The van der Waals surface area contributed by atoms with Crippen molar-refractivity contribution in [3.8, 4) is 0 Å². The van der Waals surface area contributed by atoms with Crippen molar-refractivity contribution in [2.75, 3.05) is 13.1 Å². The first-order valence-corrected chi connectivity index (χ1v) is 10.8. The standard InChI is InChI=1S/C16H16Cl2N2O3S2/c17-13-4-1-3-12(15(13)18)16(21)20-8-6-11(7-9-20)19-25(22,23)14-5-2-10-24-14/h1-5,10-11,19H,6-9H2. The van der Waals surface area contributed by atoms with Gasteiger partial charge in [-0.1, -0.05) is 35.3 Å². The number of nitrogens with zero attached hydrogens (tertiary/aromatic N) is 1. The van der Waals surface area contributed by atoms with Gasteiger partial charge >= 0.3 is 0 Å². The number of halogens is 2. The van der Waals surface area contributed by atoms with E-state index in [1.807, 2.05) is 0 Å². The van der Waals surface area contributed by atoms with Crippen LogP contribution in [0.5, 0.6) is 0 Å². The molecular weight excluding hydrogens is 403 g/mol. The second-order valence-electron chi connectivity index (χ2n) is 5.72. The molecule has 1 aliphatic heterocycles. The highest BCUT2D eigenvalue weighted by Gasteiger charge is 2.28. The molecule has 0 spiro atoms. The number of hydrogen-bond acceptors (Lipinski definition) is 4. The normalized spacial score (nSPS) is 16.2. The molecule has 2 aromatic rings. The quantitative estimate of drug-likeness (QED) is 0.823. The smallest absolute Gasteiger partial charge is 0.255 e. The highest BCUT2D eigenvalue weighted by Crippen LogP contribution is 2.27. The molecule has 5 nitrogen and oxygen atoms in total. The van der Waals surface area contributed by atoms with Crippen LogP contribution in [0, 0.1) is 0 Å². The van der Waals surface area contributed by atoms with Crippen LogP contribution < -0.4 is 4.72 Å². The summed E-state index contributed by atoms with van der Waals surface area (Å²) in [6.45, 7) is 0.915. The van der Waals surface area contributed by atoms with E-state index in [-0.39, 0.29) is 17.0 Å². The Morgan fingerprint density at radius 1 is 1.16 bits per heavy atom. The highest BCUT2D eigenvalue weighted by molar-refractivity contribution is 7.91. The number of nitrogens with one attached hydrogen (secondary N) is 1. The third-order valence-electron chi connectivity index (χ3n) is 4.05. The minimum absolute atomic E-state index is 0.188. The van der Waals surface area contributed by atoms with E-state index < -0.39 is 10.0 Å². The fourth-order valence-electron chi connectivity index (χ4n) is 2.73. The lowest BCUT2D eigenvalue weighted by Crippen LogP contribution is -2.46. The third-order valence-corrected chi connectivity index (χ3v) is 7.78. The molecule has 3 rings (SSSR count). The maximum atomic E-state index is 12.6. The zero-order valence-corrected chi connectivity index (χ0v) is 16.3. The molecule has 0 unspecified atom stereocenters. The summed E-state index contributed by atoms with van der Waals surface area (Å²) in [6.07, 6.45) is 1.10. The minimum Gasteiger partial charge on any atom is -0.338 e. The predicted octanol–water partition coefficient (Wildman–Crippen LogP) is 3.64. The van der Waals surface area contributed by atoms with Crippen LogP contribution in [0.25, 0.3) is 0 Å². The first-order valence-electron chi connectivity index (χ1n) is 7.67. The van der Waals surface area contributed by atoms with Crippen molar-refractivity contribution in [3.05, 3.63) is 51.3 Å². The number of carbonyl (C=O) groups excluding carboxylic acids is 1. The highest BCUT2D eigenvalue weighted by atomic mass is 35.5. The predicted molar refractivity (Wildman–Crippen MR) is 100 cm³/mol. The van der Waals surface area contributed by atoms with E-state index in [9.17, 15) is 13.2 Å². The number of amides is 1. The van der Waals surface area contributed by atoms with Crippen LogP contribution in [-0.4, -0.2) is 38.4 Å². The Kier molecular flexibility index (Phi) is 5.70. The van der Waals surface area contributed by atoms with E-state index in [0.717, 1.165) is 0 Å². The molecule has 1 aliphatic rings. The molecule has 25 heavy (non-hydrogen) atoms. The molecule has 2 heterocycles. The summed E-state index contributed by atoms with van der Waals surface area (Å²) in [5, 5.41) is 2.31. The number of sulfonamides is 1. The third kappa shape index (κ3) is 4.17. The van der Waals surface area contributed by atoms with E-state index in [2.05, 4.69) is 4.72 Å². The van der Waals surface area contributed by atoms with E-state index in [4.69, 9.17) is 23.2 Å². The molecule has 0 saturated carbocycles. The summed E-state index contributed by atoms with van der Waals surface area (Å²) >= 11 is 13.3. The van der Waals surface area contributed by atoms with E-state index in [1.54, 1.807) is 40.6 Å². The van der Waals surface area contributed by atoms with Crippen molar-refractivity contribution in [1.82, 2.24) is 9.62 Å². The van der Waals surface area contributed by atoms with Gasteiger partial charge in [0.15, 0.2) is 0 Å². The van der Waals surface area contributed by atoms with Crippen molar-refractivity contribution in [2.24, 2.45) is 0 Å². The van der Waals surface area contributed by atoms with E-state index in [0.29, 0.717) is 40.7 Å². The molecule has 134 valence electrons. The number of likely N-dealkylation sites (tertiary alicyclic amines) is 1. The summed E-state index contributed by atoms with van der Waals surface area (Å²) in [6, 6.07) is 8.05. The summed E-state index contributed by atoms with van der Waals surface area (Å²) in [5.74, 6) is -0.188. The molecule has 1 amide bonds. The lowest BCUT2D eigenvalue weighted by atomic mass is 10.0. The summed E-state index contributed by atoms with van der Waals surface area (Å²) in [5.41, 5.74) is 0.367. The van der Waals surface area contributed by atoms with E-state index >= 15 is 0 Å². The van der Waals surface area contributed by atoms with Gasteiger partial charge in [0.05, 0.1) is 15.6 Å². The van der Waals surface area contributed by atoms with Crippen molar-refractivity contribution in [1.29, 1.82) is 0 Å². The zero-order chi connectivity index (χ0) is 18.0. The van der Waals surface area contributed by atoms with Crippen molar-refractivity contribution in [3.63, 3.8) is 0 Å². The number of piperidine rings is 1. The Hall–Kier alpha value is -1.12. The van der Waals surface area contributed by atoms with Crippen molar-refractivity contribution in [2.45, 2.75) is 23.1 Å². The summed E-state index contributed by atoms with van der Waals surface area (Å²) < 4.78 is 27.6. The van der Waals surface area contributed by atoms with Gasteiger partial charge in [0.25, 0.3) is 5.91 Å². The molecule has 1 aromatic heterocycles. The van der Waals surface area contributed by atoms with Crippen LogP contribution in [-0.2, 0) is 10.0 Å². The topological polar surface area (TPSA) is 66.5 Å². The first-order chi connectivity index (χ1) is 11.9. The molecule has 0 bridgehead atoms. The van der Waals surface area contributed by atoms with Crippen molar-refractivity contribution >= 4 is 50.5 Å². The molecular formula is C16H16Cl2N2O3S2. The van der Waals surface area contributed by atoms with E-state index in [1.165, 1.54) is 11.3 Å². The number of hydrogen-bond donors (Lipinski definition) is 1. The fraction of sp³-hybridized carbons (Fsp3) is 0.312. The van der Waals surface area contributed by atoms with Crippen LogP contribution in [0.1, 0.15) is 23.2 Å². The molecule has 9 heteroatoms. The van der Waals surface area contributed by atoms with Gasteiger partial charge in [-0.15, -0.1) is 11.3 Å². The molecule has 0 radical (unpaired) electrons. The maximum Gasteiger partial charge on any atom is 0.255 e. The second kappa shape index (κ2) is 7.63. The van der Waals surface area contributed by atoms with Gasteiger partial charge in [-0.2, -0.15) is 0 Å². The summed E-state index contributed by atoms with van der Waals surface area (Å²) in [4.78, 5) is 14.3. The van der Waals surface area contributed by atoms with Gasteiger partial charge in [0.1, 0.15) is 4.21 Å². The largest absolute Gasteiger partial charge is 0.338 e. The fourth-order valence-corrected chi connectivity index (χ4v) is 5.43. The maximum absolute atomic E-state index is 12.6. The first kappa shape index (κ1) is 18.7. The SMILES string of the molecule is O=C(c1cccc(Cl)c1Cl)N1CCC(NS(=O)(=O)c2cccs2)CC1. The Balaban J connectivity index is 1.62. The van der Waals surface area contributed by atoms with Gasteiger partial charge in [0.2, 0.25) is 10.0 Å². The Morgan fingerprint density at radius 3 is 2.52 bits per heavy atom. The van der Waals surface area contributed by atoms with Gasteiger partial charge in [-0.3, -0.25) is 4.79 Å². The lowest BCUT2D eigenvalue weighted by molar-refractivity contribution is 0.0711. The number of rotatable bonds is 4. The van der Waals surface area contributed by atoms with Gasteiger partial charge in [0, 0.05) is 19.1 Å². The Morgan fingerprint density at radius 2 is 1.88 bits per heavy atom. The molecule has 0 atom stereocenters. The average Bonchev–Trinajstić information content (AvgIpc) is 3.13. The Bertz CT molecular complexity index is 862. The minimum atomic E-state index is -3.49.